The molecule has 2 fully saturated rings. The standard InChI is InChI=1S/C31H28N2O7/c1-40-29(37)23-15-11-21(12-16-23)17-33-27(35)24-25(28(33)36)31(18-34,30(38)39)32-26(24)22-13-9-20(10-14-22)8-7-19-5-3-2-4-6-19/h2-16,24-26,32,34H,17-18H2,1H3,(H,38,39)/b8-7+. The second-order valence-electron chi connectivity index (χ2n) is 9.92. The molecule has 2 heterocycles. The number of carboxylic acid groups (broad SMARTS) is 1. The van der Waals surface area contributed by atoms with E-state index in [4.69, 9.17) is 4.74 Å². The van der Waals surface area contributed by atoms with E-state index in [1.54, 1.807) is 24.3 Å². The van der Waals surface area contributed by atoms with Crippen molar-refractivity contribution in [2.75, 3.05) is 13.7 Å². The fourth-order valence-corrected chi connectivity index (χ4v) is 5.53. The lowest BCUT2D eigenvalue weighted by Gasteiger charge is -2.29. The van der Waals surface area contributed by atoms with E-state index < -0.39 is 53.8 Å². The third kappa shape index (κ3) is 4.70. The molecule has 0 aliphatic carbocycles. The van der Waals surface area contributed by atoms with Gasteiger partial charge in [-0.15, -0.1) is 0 Å². The summed E-state index contributed by atoms with van der Waals surface area (Å²) < 4.78 is 4.70. The molecule has 0 bridgehead atoms. The molecule has 204 valence electrons. The summed E-state index contributed by atoms with van der Waals surface area (Å²) in [4.78, 5) is 52.4. The van der Waals surface area contributed by atoms with Gasteiger partial charge in [0.25, 0.3) is 0 Å². The summed E-state index contributed by atoms with van der Waals surface area (Å²) in [5.41, 5.74) is 1.46. The number of esters is 1. The lowest BCUT2D eigenvalue weighted by atomic mass is 9.79. The van der Waals surface area contributed by atoms with Gasteiger partial charge in [0.1, 0.15) is 0 Å². The summed E-state index contributed by atoms with van der Waals surface area (Å²) in [5.74, 6) is -5.41. The molecule has 0 spiro atoms. The molecule has 0 saturated carbocycles. The van der Waals surface area contributed by atoms with Crippen LogP contribution in [-0.2, 0) is 25.7 Å². The van der Waals surface area contributed by atoms with E-state index in [9.17, 15) is 29.4 Å². The maximum absolute atomic E-state index is 13.7. The van der Waals surface area contributed by atoms with Crippen molar-refractivity contribution in [2.45, 2.75) is 18.1 Å². The maximum Gasteiger partial charge on any atom is 0.337 e. The number of aliphatic carboxylic acids is 1. The Hall–Kier alpha value is -4.60. The van der Waals surface area contributed by atoms with Crippen molar-refractivity contribution < 1.29 is 34.1 Å². The van der Waals surface area contributed by atoms with Gasteiger partial charge in [-0.3, -0.25) is 24.6 Å². The normalized spacial score (nSPS) is 23.9. The first-order valence-corrected chi connectivity index (χ1v) is 12.8. The SMILES string of the molecule is COC(=O)c1ccc(CN2C(=O)C3C(c4ccc(/C=C/c5ccccc5)cc4)NC(CO)(C(=O)O)C3C2=O)cc1. The number of imide groups is 1. The van der Waals surface area contributed by atoms with Crippen LogP contribution in [0.25, 0.3) is 12.2 Å². The van der Waals surface area contributed by atoms with Gasteiger partial charge >= 0.3 is 11.9 Å². The Kier molecular flexibility index (Phi) is 7.34. The lowest BCUT2D eigenvalue weighted by molar-refractivity contribution is -0.153. The number of carbonyl (C=O) groups is 4. The van der Waals surface area contributed by atoms with Gasteiger partial charge in [0.2, 0.25) is 11.8 Å². The molecule has 0 aromatic heterocycles. The fraction of sp³-hybridized carbons (Fsp3) is 0.226. The average molecular weight is 541 g/mol. The number of nitrogens with zero attached hydrogens (tertiary/aromatic N) is 1. The number of likely N-dealkylation sites (tertiary alicyclic amines) is 1. The van der Waals surface area contributed by atoms with Gasteiger partial charge in [0.15, 0.2) is 5.54 Å². The molecule has 3 N–H and O–H groups in total. The van der Waals surface area contributed by atoms with Crippen LogP contribution in [0.5, 0.6) is 0 Å². The zero-order valence-corrected chi connectivity index (χ0v) is 21.7. The Bertz CT molecular complexity index is 1470. The van der Waals surface area contributed by atoms with Crippen molar-refractivity contribution in [1.29, 1.82) is 0 Å². The summed E-state index contributed by atoms with van der Waals surface area (Å²) in [5, 5.41) is 23.3. The van der Waals surface area contributed by atoms with E-state index in [-0.39, 0.29) is 6.54 Å². The van der Waals surface area contributed by atoms with Crippen molar-refractivity contribution in [3.05, 3.63) is 107 Å². The molecule has 3 aromatic rings. The maximum atomic E-state index is 13.7. The molecular weight excluding hydrogens is 512 g/mol. The van der Waals surface area contributed by atoms with Crippen LogP contribution < -0.4 is 5.32 Å². The second kappa shape index (κ2) is 10.9. The summed E-state index contributed by atoms with van der Waals surface area (Å²) in [6.07, 6.45) is 3.91. The van der Waals surface area contributed by atoms with E-state index in [0.717, 1.165) is 16.0 Å². The van der Waals surface area contributed by atoms with Crippen LogP contribution in [0.2, 0.25) is 0 Å². The van der Waals surface area contributed by atoms with Crippen LogP contribution >= 0.6 is 0 Å². The molecule has 9 heteroatoms. The highest BCUT2D eigenvalue weighted by Gasteiger charge is 2.68. The van der Waals surface area contributed by atoms with E-state index in [1.165, 1.54) is 19.2 Å². The molecule has 2 saturated heterocycles. The predicted molar refractivity (Wildman–Crippen MR) is 145 cm³/mol. The molecule has 3 aromatic carbocycles. The Balaban J connectivity index is 1.43. The number of nitrogens with one attached hydrogen (secondary N) is 1. The topological polar surface area (TPSA) is 133 Å². The number of fused-ring (bicyclic) bond motifs is 1. The zero-order valence-electron chi connectivity index (χ0n) is 21.7. The van der Waals surface area contributed by atoms with Gasteiger partial charge in [-0.2, -0.15) is 0 Å². The fourth-order valence-electron chi connectivity index (χ4n) is 5.53. The van der Waals surface area contributed by atoms with Crippen LogP contribution in [0, 0.1) is 11.8 Å². The van der Waals surface area contributed by atoms with E-state index >= 15 is 0 Å². The first-order valence-electron chi connectivity index (χ1n) is 12.8. The summed E-state index contributed by atoms with van der Waals surface area (Å²) in [6, 6.07) is 22.6. The molecule has 4 atom stereocenters. The van der Waals surface area contributed by atoms with Crippen molar-refractivity contribution in [1.82, 2.24) is 10.2 Å². The largest absolute Gasteiger partial charge is 0.480 e. The van der Waals surface area contributed by atoms with Crippen molar-refractivity contribution in [3.63, 3.8) is 0 Å². The van der Waals surface area contributed by atoms with Crippen molar-refractivity contribution in [3.8, 4) is 0 Å². The highest BCUT2D eigenvalue weighted by atomic mass is 16.5. The molecule has 40 heavy (non-hydrogen) atoms. The third-order valence-corrected chi connectivity index (χ3v) is 7.66. The number of ether oxygens (including phenoxy) is 1. The molecule has 5 rings (SSSR count). The number of hydrogen-bond donors (Lipinski definition) is 3. The number of aliphatic hydroxyl groups excluding tert-OH is 1. The van der Waals surface area contributed by atoms with E-state index in [0.29, 0.717) is 16.7 Å². The monoisotopic (exact) mass is 540 g/mol. The van der Waals surface area contributed by atoms with Gasteiger partial charge in [-0.05, 0) is 34.4 Å². The van der Waals surface area contributed by atoms with Gasteiger partial charge in [-0.1, -0.05) is 78.9 Å². The van der Waals surface area contributed by atoms with E-state index in [2.05, 4.69) is 5.32 Å². The van der Waals surface area contributed by atoms with Crippen molar-refractivity contribution >= 4 is 35.9 Å². The van der Waals surface area contributed by atoms with Gasteiger partial charge in [-0.25, -0.2) is 4.79 Å². The number of aliphatic hydroxyl groups is 1. The predicted octanol–water partition coefficient (Wildman–Crippen LogP) is 2.90. The number of hydrogen-bond acceptors (Lipinski definition) is 7. The minimum atomic E-state index is -2.02. The number of amides is 2. The highest BCUT2D eigenvalue weighted by molar-refractivity contribution is 6.09. The third-order valence-electron chi connectivity index (χ3n) is 7.66. The van der Waals surface area contributed by atoms with Crippen molar-refractivity contribution in [2.24, 2.45) is 11.8 Å². The average Bonchev–Trinajstić information content (AvgIpc) is 3.47. The minimum absolute atomic E-state index is 0.0941. The first-order chi connectivity index (χ1) is 19.3. The molecule has 0 radical (unpaired) electrons. The zero-order chi connectivity index (χ0) is 28.4. The Morgan fingerprint density at radius 1 is 0.925 bits per heavy atom. The molecule has 9 nitrogen and oxygen atoms in total. The smallest absolute Gasteiger partial charge is 0.337 e. The Labute approximate surface area is 230 Å². The van der Waals surface area contributed by atoms with Crippen LogP contribution in [0.1, 0.15) is 38.7 Å². The molecule has 2 aliphatic rings. The second-order valence-corrected chi connectivity index (χ2v) is 9.92. The summed E-state index contributed by atoms with van der Waals surface area (Å²) in [6.45, 7) is -0.957. The first kappa shape index (κ1) is 27.0. The Morgan fingerprint density at radius 2 is 1.55 bits per heavy atom. The molecule has 2 amide bonds. The van der Waals surface area contributed by atoms with Gasteiger partial charge in [0.05, 0.1) is 37.7 Å². The summed E-state index contributed by atoms with van der Waals surface area (Å²) >= 11 is 0. The molecule has 4 unspecified atom stereocenters. The molecule has 2 aliphatic heterocycles. The number of methoxy groups -OCH3 is 1. The number of benzene rings is 3. The van der Waals surface area contributed by atoms with Crippen LogP contribution in [0.3, 0.4) is 0 Å². The van der Waals surface area contributed by atoms with Crippen LogP contribution in [-0.4, -0.2) is 58.1 Å². The minimum Gasteiger partial charge on any atom is -0.480 e. The number of rotatable bonds is 8. The number of carbonyl (C=O) groups excluding carboxylic acids is 3. The van der Waals surface area contributed by atoms with Crippen LogP contribution in [0.4, 0.5) is 0 Å². The summed E-state index contributed by atoms with van der Waals surface area (Å²) in [7, 11) is 1.27. The quantitative estimate of drug-likeness (QED) is 0.226. The van der Waals surface area contributed by atoms with Gasteiger partial charge < -0.3 is 14.9 Å². The Morgan fingerprint density at radius 3 is 2.12 bits per heavy atom. The number of carboxylic acids is 1. The highest BCUT2D eigenvalue weighted by Crippen LogP contribution is 2.49. The lowest BCUT2D eigenvalue weighted by Crippen LogP contribution is -2.58. The van der Waals surface area contributed by atoms with E-state index in [1.807, 2.05) is 54.6 Å². The van der Waals surface area contributed by atoms with Gasteiger partial charge in [0, 0.05) is 6.04 Å². The molecular formula is C31H28N2O7. The van der Waals surface area contributed by atoms with Crippen LogP contribution in [0.15, 0.2) is 78.9 Å².